The van der Waals surface area contributed by atoms with E-state index in [1.807, 2.05) is 0 Å². The molecule has 5 rings (SSSR count). The maximum atomic E-state index is 6.15. The third-order valence-corrected chi connectivity index (χ3v) is 8.84. The van der Waals surface area contributed by atoms with Crippen molar-refractivity contribution in [1.82, 2.24) is 0 Å². The van der Waals surface area contributed by atoms with Crippen LogP contribution in [0.5, 0.6) is 11.5 Å². The summed E-state index contributed by atoms with van der Waals surface area (Å²) in [5.41, 5.74) is 13.9. The Hall–Kier alpha value is -4.70. The predicted octanol–water partition coefficient (Wildman–Crippen LogP) is 12.8. The number of hydrogen-bond acceptors (Lipinski definition) is 4. The van der Waals surface area contributed by atoms with E-state index in [0.29, 0.717) is 0 Å². The highest BCUT2D eigenvalue weighted by atomic mass is 16.5. The molecule has 0 N–H and O–H groups in total. The van der Waals surface area contributed by atoms with Gasteiger partial charge in [0.25, 0.3) is 0 Å². The van der Waals surface area contributed by atoms with Crippen molar-refractivity contribution in [3.63, 3.8) is 0 Å². The average Bonchev–Trinajstić information content (AvgIpc) is 3.06. The zero-order valence-electron chi connectivity index (χ0n) is 30.2. The summed E-state index contributed by atoms with van der Waals surface area (Å²) in [6, 6.07) is 35.3. The summed E-state index contributed by atoms with van der Waals surface area (Å²) in [5.74, 6) is 1.86. The molecule has 4 nitrogen and oxygen atoms in total. The highest BCUT2D eigenvalue weighted by molar-refractivity contribution is 5.86. The van der Waals surface area contributed by atoms with Crippen LogP contribution in [-0.4, -0.2) is 13.2 Å². The van der Waals surface area contributed by atoms with E-state index >= 15 is 0 Å². The number of unbranched alkanes of at least 4 members (excludes halogenated alkanes) is 2. The van der Waals surface area contributed by atoms with Crippen molar-refractivity contribution in [2.24, 2.45) is 0 Å². The molecule has 48 heavy (non-hydrogen) atoms. The van der Waals surface area contributed by atoms with Gasteiger partial charge in [0.2, 0.25) is 0 Å². The molecule has 0 spiro atoms. The van der Waals surface area contributed by atoms with E-state index in [4.69, 9.17) is 9.47 Å². The standard InChI is InChI=1S/C44H52N2O2/c1-9-11-24-47-41-26-33(5)43(34(6)27-41)45(37-20-16-31(3)17-21-37)39-14-13-15-40(30-39)46(38-22-18-32(4)19-23-38)44-35(7)28-42(29-36(44)8)48-25-12-10-2/h13-23,26-30H,9-12,24-25H2,1-8H3. The van der Waals surface area contributed by atoms with Crippen molar-refractivity contribution in [3.8, 4) is 11.5 Å². The van der Waals surface area contributed by atoms with E-state index in [1.165, 1.54) is 44.8 Å². The molecule has 250 valence electrons. The fourth-order valence-corrected chi connectivity index (χ4v) is 6.35. The molecule has 0 radical (unpaired) electrons. The monoisotopic (exact) mass is 640 g/mol. The molecule has 0 heterocycles. The largest absolute Gasteiger partial charge is 0.494 e. The molecule has 0 amide bonds. The van der Waals surface area contributed by atoms with Gasteiger partial charge in [-0.25, -0.2) is 0 Å². The summed E-state index contributed by atoms with van der Waals surface area (Å²) < 4.78 is 12.3. The number of ether oxygens (including phenoxy) is 2. The van der Waals surface area contributed by atoms with E-state index in [0.717, 1.165) is 73.1 Å². The van der Waals surface area contributed by atoms with Gasteiger partial charge >= 0.3 is 0 Å². The second-order valence-electron chi connectivity index (χ2n) is 13.1. The normalized spacial score (nSPS) is 11.0. The van der Waals surface area contributed by atoms with Crippen LogP contribution in [0.3, 0.4) is 0 Å². The Morgan fingerprint density at radius 3 is 1.12 bits per heavy atom. The molecule has 0 aromatic heterocycles. The first-order chi connectivity index (χ1) is 23.2. The molecule has 0 fully saturated rings. The van der Waals surface area contributed by atoms with Crippen LogP contribution < -0.4 is 19.3 Å². The Labute approximate surface area is 289 Å². The fourth-order valence-electron chi connectivity index (χ4n) is 6.35. The Morgan fingerprint density at radius 2 is 0.792 bits per heavy atom. The van der Waals surface area contributed by atoms with Crippen LogP contribution in [0.15, 0.2) is 97.1 Å². The lowest BCUT2D eigenvalue weighted by atomic mass is 10.0. The van der Waals surface area contributed by atoms with Gasteiger partial charge in [0.05, 0.1) is 24.6 Å². The molecule has 0 aliphatic carbocycles. The molecule has 0 saturated carbocycles. The lowest BCUT2D eigenvalue weighted by Gasteiger charge is -2.32. The van der Waals surface area contributed by atoms with Crippen molar-refractivity contribution in [2.75, 3.05) is 23.0 Å². The van der Waals surface area contributed by atoms with Crippen molar-refractivity contribution in [1.29, 1.82) is 0 Å². The number of hydrogen-bond donors (Lipinski definition) is 0. The highest BCUT2D eigenvalue weighted by Crippen LogP contribution is 2.45. The van der Waals surface area contributed by atoms with Crippen LogP contribution in [0, 0.1) is 41.5 Å². The van der Waals surface area contributed by atoms with Crippen LogP contribution in [0.4, 0.5) is 34.1 Å². The summed E-state index contributed by atoms with van der Waals surface area (Å²) in [5, 5.41) is 0. The molecule has 0 bridgehead atoms. The lowest BCUT2D eigenvalue weighted by molar-refractivity contribution is 0.309. The van der Waals surface area contributed by atoms with Gasteiger partial charge in [0.15, 0.2) is 0 Å². The number of benzene rings is 5. The number of nitrogens with zero attached hydrogens (tertiary/aromatic N) is 2. The van der Waals surface area contributed by atoms with Gasteiger partial charge in [-0.05, 0) is 143 Å². The Bertz CT molecular complexity index is 1630. The highest BCUT2D eigenvalue weighted by Gasteiger charge is 2.22. The van der Waals surface area contributed by atoms with Crippen molar-refractivity contribution < 1.29 is 9.47 Å². The molecule has 0 atom stereocenters. The van der Waals surface area contributed by atoms with Crippen molar-refractivity contribution >= 4 is 34.1 Å². The average molecular weight is 641 g/mol. The van der Waals surface area contributed by atoms with Gasteiger partial charge < -0.3 is 19.3 Å². The van der Waals surface area contributed by atoms with Crippen LogP contribution in [0.2, 0.25) is 0 Å². The van der Waals surface area contributed by atoms with Crippen LogP contribution in [0.25, 0.3) is 0 Å². The first-order valence-electron chi connectivity index (χ1n) is 17.5. The molecule has 0 aliphatic heterocycles. The molecule has 0 saturated heterocycles. The van der Waals surface area contributed by atoms with Gasteiger partial charge in [-0.1, -0.05) is 68.1 Å². The predicted molar refractivity (Wildman–Crippen MR) is 205 cm³/mol. The Morgan fingerprint density at radius 1 is 0.438 bits per heavy atom. The first kappa shape index (κ1) is 34.6. The van der Waals surface area contributed by atoms with Gasteiger partial charge in [-0.3, -0.25) is 0 Å². The summed E-state index contributed by atoms with van der Waals surface area (Å²) in [7, 11) is 0. The molecule has 0 unspecified atom stereocenters. The number of aryl methyl sites for hydroxylation is 6. The van der Waals surface area contributed by atoms with Crippen molar-refractivity contribution in [2.45, 2.75) is 81.1 Å². The third kappa shape index (κ3) is 8.05. The van der Waals surface area contributed by atoms with E-state index in [-0.39, 0.29) is 0 Å². The Balaban J connectivity index is 1.66. The minimum absolute atomic E-state index is 0.734. The number of anilines is 6. The second-order valence-corrected chi connectivity index (χ2v) is 13.1. The van der Waals surface area contributed by atoms with Crippen LogP contribution in [-0.2, 0) is 0 Å². The summed E-state index contributed by atoms with van der Waals surface area (Å²) in [4.78, 5) is 4.78. The smallest absolute Gasteiger partial charge is 0.119 e. The van der Waals surface area contributed by atoms with E-state index in [1.54, 1.807) is 0 Å². The van der Waals surface area contributed by atoms with Crippen LogP contribution >= 0.6 is 0 Å². The molecular formula is C44H52N2O2. The van der Waals surface area contributed by atoms with Crippen LogP contribution in [0.1, 0.15) is 72.9 Å². The van der Waals surface area contributed by atoms with Gasteiger partial charge in [0, 0.05) is 22.7 Å². The minimum atomic E-state index is 0.734. The van der Waals surface area contributed by atoms with E-state index in [9.17, 15) is 0 Å². The van der Waals surface area contributed by atoms with Gasteiger partial charge in [-0.15, -0.1) is 0 Å². The quantitative estimate of drug-likeness (QED) is 0.113. The summed E-state index contributed by atoms with van der Waals surface area (Å²) >= 11 is 0. The molecule has 4 heteroatoms. The maximum Gasteiger partial charge on any atom is 0.119 e. The van der Waals surface area contributed by atoms with Gasteiger partial charge in [0.1, 0.15) is 11.5 Å². The van der Waals surface area contributed by atoms with E-state index in [2.05, 4.69) is 162 Å². The zero-order valence-corrected chi connectivity index (χ0v) is 30.2. The van der Waals surface area contributed by atoms with Gasteiger partial charge in [-0.2, -0.15) is 0 Å². The molecular weight excluding hydrogens is 588 g/mol. The lowest BCUT2D eigenvalue weighted by Crippen LogP contribution is -2.16. The molecule has 5 aromatic rings. The Kier molecular flexibility index (Phi) is 11.5. The molecule has 0 aliphatic rings. The van der Waals surface area contributed by atoms with E-state index < -0.39 is 0 Å². The number of rotatable bonds is 14. The summed E-state index contributed by atoms with van der Waals surface area (Å²) in [6.45, 7) is 18.9. The summed E-state index contributed by atoms with van der Waals surface area (Å²) in [6.07, 6.45) is 4.33. The maximum absolute atomic E-state index is 6.15. The SMILES string of the molecule is CCCCOc1cc(C)c(N(c2ccc(C)cc2)c2cccc(N(c3ccc(C)cc3)c3c(C)cc(OCCCC)cc3C)c2)c(C)c1. The molecule has 5 aromatic carbocycles. The topological polar surface area (TPSA) is 24.9 Å². The first-order valence-corrected chi connectivity index (χ1v) is 17.5. The third-order valence-electron chi connectivity index (χ3n) is 8.84. The second kappa shape index (κ2) is 15.9. The fraction of sp³-hybridized carbons (Fsp3) is 0.318. The minimum Gasteiger partial charge on any atom is -0.494 e. The zero-order chi connectivity index (χ0) is 34.2. The van der Waals surface area contributed by atoms with Crippen molar-refractivity contribution in [3.05, 3.63) is 130 Å².